The van der Waals surface area contributed by atoms with Gasteiger partial charge < -0.3 is 14.7 Å². The number of carbonyl (C=O) groups excluding carboxylic acids is 3. The summed E-state index contributed by atoms with van der Waals surface area (Å²) in [6.07, 6.45) is 15.9. The van der Waals surface area contributed by atoms with Gasteiger partial charge in [-0.25, -0.2) is 12.7 Å². The van der Waals surface area contributed by atoms with Gasteiger partial charge in [0.25, 0.3) is 0 Å². The first kappa shape index (κ1) is 30.8. The van der Waals surface area contributed by atoms with Gasteiger partial charge in [0.1, 0.15) is 0 Å². The van der Waals surface area contributed by atoms with Gasteiger partial charge in [-0.3, -0.25) is 14.4 Å². The summed E-state index contributed by atoms with van der Waals surface area (Å²) in [6, 6.07) is 0. The topological polar surface area (TPSA) is 98.3 Å². The highest BCUT2D eigenvalue weighted by molar-refractivity contribution is 7.89. The van der Waals surface area contributed by atoms with Crippen LogP contribution < -0.4 is 0 Å². The lowest BCUT2D eigenvalue weighted by Gasteiger charge is -2.40. The van der Waals surface area contributed by atoms with Crippen LogP contribution in [0.2, 0.25) is 0 Å². The van der Waals surface area contributed by atoms with Crippen molar-refractivity contribution in [1.82, 2.24) is 19.0 Å². The molecule has 6 fully saturated rings. The van der Waals surface area contributed by atoms with E-state index >= 15 is 0 Å². The number of sulfonamides is 1. The zero-order valence-corrected chi connectivity index (χ0v) is 26.3. The molecule has 0 aromatic heterocycles. The monoisotopic (exact) mass is 592 g/mol. The Hall–Kier alpha value is -1.68. The van der Waals surface area contributed by atoms with Crippen LogP contribution in [0.25, 0.3) is 0 Å². The Morgan fingerprint density at radius 3 is 1.71 bits per heavy atom. The van der Waals surface area contributed by atoms with E-state index in [1.807, 2.05) is 23.9 Å². The Labute approximate surface area is 247 Å². The summed E-state index contributed by atoms with van der Waals surface area (Å²) in [5.74, 6) is 0.962. The molecule has 0 radical (unpaired) electrons. The van der Waals surface area contributed by atoms with Crippen LogP contribution in [0.1, 0.15) is 103 Å². The minimum Gasteiger partial charge on any atom is -0.345 e. The molecule has 9 nitrogen and oxygen atoms in total. The molecule has 232 valence electrons. The standard InChI is InChI=1S/C16H26N2O2.C15H26N2O3S/c1-17-11-9-16(15(17)20)8-5-10-18(12-16)14(19)13-6-3-2-4-7-13;1-16-11-9-15(14(16)18)8-5-10-17(12-15)21(19,20)13-6-3-2-4-7-13/h13H,2-12H2,1H3;13H,2-12H2,1H3. The van der Waals surface area contributed by atoms with E-state index in [4.69, 9.17) is 0 Å². The van der Waals surface area contributed by atoms with Crippen LogP contribution in [0.5, 0.6) is 0 Å². The molecule has 0 aromatic carbocycles. The zero-order valence-electron chi connectivity index (χ0n) is 25.4. The number of hydrogen-bond donors (Lipinski definition) is 0. The van der Waals surface area contributed by atoms with Gasteiger partial charge in [-0.05, 0) is 64.2 Å². The SMILES string of the molecule is CN1CCC2(CCCN(C(=O)C3CCCCC3)C2)C1=O.CN1CCC2(CCCN(S(=O)(=O)C3CCCCC3)C2)C1=O. The number of carbonyl (C=O) groups is 3. The molecule has 41 heavy (non-hydrogen) atoms. The fourth-order valence-electron chi connectivity index (χ4n) is 8.56. The Kier molecular flexibility index (Phi) is 9.39. The van der Waals surface area contributed by atoms with Gasteiger partial charge in [-0.2, -0.15) is 0 Å². The molecule has 4 aliphatic heterocycles. The second-order valence-corrected chi connectivity index (χ2v) is 16.2. The van der Waals surface area contributed by atoms with Crippen molar-refractivity contribution in [2.45, 2.75) is 108 Å². The summed E-state index contributed by atoms with van der Waals surface area (Å²) in [6.45, 7) is 4.15. The molecule has 2 spiro atoms. The van der Waals surface area contributed by atoms with Gasteiger partial charge >= 0.3 is 0 Å². The van der Waals surface area contributed by atoms with Gasteiger partial charge in [0.05, 0.1) is 16.1 Å². The van der Waals surface area contributed by atoms with E-state index in [0.29, 0.717) is 25.5 Å². The lowest BCUT2D eigenvalue weighted by atomic mass is 9.77. The van der Waals surface area contributed by atoms with E-state index in [2.05, 4.69) is 0 Å². The summed E-state index contributed by atoms with van der Waals surface area (Å²) in [5.41, 5.74) is -0.688. The molecule has 4 heterocycles. The lowest BCUT2D eigenvalue weighted by Crippen LogP contribution is -2.51. The molecule has 0 N–H and O–H groups in total. The van der Waals surface area contributed by atoms with E-state index in [0.717, 1.165) is 103 Å². The van der Waals surface area contributed by atoms with E-state index in [1.54, 1.807) is 9.21 Å². The molecule has 0 bridgehead atoms. The van der Waals surface area contributed by atoms with Gasteiger partial charge in [-0.15, -0.1) is 0 Å². The maximum atomic E-state index is 12.9. The molecule has 2 unspecified atom stereocenters. The van der Waals surface area contributed by atoms with Crippen LogP contribution in [-0.2, 0) is 24.4 Å². The fraction of sp³-hybridized carbons (Fsp3) is 0.903. The fourth-order valence-corrected chi connectivity index (χ4v) is 10.7. The second-order valence-electron chi connectivity index (χ2n) is 14.0. The molecule has 2 atom stereocenters. The van der Waals surface area contributed by atoms with Crippen LogP contribution in [0.15, 0.2) is 0 Å². The number of likely N-dealkylation sites (tertiary alicyclic amines) is 3. The molecule has 3 amide bonds. The van der Waals surface area contributed by atoms with Crippen molar-refractivity contribution in [3.63, 3.8) is 0 Å². The molecule has 10 heteroatoms. The third kappa shape index (κ3) is 6.20. The van der Waals surface area contributed by atoms with Crippen LogP contribution >= 0.6 is 0 Å². The highest BCUT2D eigenvalue weighted by Gasteiger charge is 2.51. The average molecular weight is 593 g/mol. The maximum Gasteiger partial charge on any atom is 0.230 e. The highest BCUT2D eigenvalue weighted by Crippen LogP contribution is 2.42. The lowest BCUT2D eigenvalue weighted by molar-refractivity contribution is -0.145. The smallest absolute Gasteiger partial charge is 0.230 e. The van der Waals surface area contributed by atoms with Gasteiger partial charge in [0.15, 0.2) is 0 Å². The first-order chi connectivity index (χ1) is 19.6. The molecule has 2 saturated carbocycles. The van der Waals surface area contributed by atoms with Crippen molar-refractivity contribution in [3.8, 4) is 0 Å². The first-order valence-corrected chi connectivity index (χ1v) is 17.9. The van der Waals surface area contributed by atoms with Gasteiger partial charge in [0.2, 0.25) is 27.7 Å². The molecule has 0 aromatic rings. The Bertz CT molecular complexity index is 1080. The van der Waals surface area contributed by atoms with Crippen molar-refractivity contribution >= 4 is 27.7 Å². The van der Waals surface area contributed by atoms with E-state index in [1.165, 1.54) is 19.3 Å². The molecule has 6 aliphatic rings. The van der Waals surface area contributed by atoms with Crippen molar-refractivity contribution in [1.29, 1.82) is 0 Å². The summed E-state index contributed by atoms with van der Waals surface area (Å²) in [7, 11) is 0.486. The summed E-state index contributed by atoms with van der Waals surface area (Å²) < 4.78 is 27.4. The summed E-state index contributed by atoms with van der Waals surface area (Å²) >= 11 is 0. The summed E-state index contributed by atoms with van der Waals surface area (Å²) in [5, 5.41) is -0.212. The first-order valence-electron chi connectivity index (χ1n) is 16.4. The number of hydrogen-bond acceptors (Lipinski definition) is 5. The Morgan fingerprint density at radius 1 is 0.659 bits per heavy atom. The van der Waals surface area contributed by atoms with Crippen LogP contribution in [0.4, 0.5) is 0 Å². The zero-order chi connectivity index (χ0) is 29.3. The number of nitrogens with zero attached hydrogens (tertiary/aromatic N) is 4. The Morgan fingerprint density at radius 2 is 1.17 bits per heavy atom. The van der Waals surface area contributed by atoms with E-state index < -0.39 is 15.4 Å². The van der Waals surface area contributed by atoms with Crippen LogP contribution in [0.3, 0.4) is 0 Å². The minimum absolute atomic E-state index is 0.144. The predicted octanol–water partition coefficient (Wildman–Crippen LogP) is 3.63. The predicted molar refractivity (Wildman–Crippen MR) is 158 cm³/mol. The van der Waals surface area contributed by atoms with E-state index in [-0.39, 0.29) is 28.4 Å². The third-order valence-electron chi connectivity index (χ3n) is 11.2. The number of rotatable bonds is 3. The largest absolute Gasteiger partial charge is 0.345 e. The van der Waals surface area contributed by atoms with Crippen LogP contribution in [0, 0.1) is 16.7 Å². The molecule has 2 aliphatic carbocycles. The Balaban J connectivity index is 0.000000165. The number of piperidine rings is 2. The quantitative estimate of drug-likeness (QED) is 0.499. The molecule has 6 rings (SSSR count). The van der Waals surface area contributed by atoms with Crippen LogP contribution in [-0.4, -0.2) is 104 Å². The van der Waals surface area contributed by atoms with Crippen molar-refractivity contribution < 1.29 is 22.8 Å². The minimum atomic E-state index is -3.23. The average Bonchev–Trinajstić information content (AvgIpc) is 3.43. The van der Waals surface area contributed by atoms with E-state index in [9.17, 15) is 22.8 Å². The van der Waals surface area contributed by atoms with Crippen molar-refractivity contribution in [2.75, 3.05) is 53.4 Å². The molecule has 4 saturated heterocycles. The van der Waals surface area contributed by atoms with Gasteiger partial charge in [0, 0.05) is 59.3 Å². The van der Waals surface area contributed by atoms with Gasteiger partial charge in [-0.1, -0.05) is 38.5 Å². The highest BCUT2D eigenvalue weighted by atomic mass is 32.2. The second kappa shape index (κ2) is 12.5. The maximum absolute atomic E-state index is 12.9. The number of amides is 3. The van der Waals surface area contributed by atoms with Crippen molar-refractivity contribution in [3.05, 3.63) is 0 Å². The third-order valence-corrected chi connectivity index (χ3v) is 13.5. The molecular weight excluding hydrogens is 540 g/mol. The molecular formula is C31H52N4O5S. The normalized spacial score (nSPS) is 32.6. The summed E-state index contributed by atoms with van der Waals surface area (Å²) in [4.78, 5) is 43.1. The van der Waals surface area contributed by atoms with Crippen molar-refractivity contribution in [2.24, 2.45) is 16.7 Å².